The van der Waals surface area contributed by atoms with Crippen LogP contribution in [0.1, 0.15) is 29.2 Å². The SMILES string of the molecule is N#Cc1ccc(Cl)c(NC2CCc3c(Br)cccc32)c1. The lowest BCUT2D eigenvalue weighted by Gasteiger charge is -2.17. The van der Waals surface area contributed by atoms with Crippen LogP contribution in [0.5, 0.6) is 0 Å². The second kappa shape index (κ2) is 5.47. The Morgan fingerprint density at radius 1 is 1.30 bits per heavy atom. The molecular weight excluding hydrogens is 336 g/mol. The third-order valence-electron chi connectivity index (χ3n) is 3.64. The molecule has 0 aliphatic heterocycles. The maximum absolute atomic E-state index is 8.98. The molecule has 1 N–H and O–H groups in total. The van der Waals surface area contributed by atoms with Crippen LogP contribution in [0.2, 0.25) is 5.02 Å². The fourth-order valence-corrected chi connectivity index (χ4v) is 3.40. The minimum atomic E-state index is 0.244. The number of benzene rings is 2. The first kappa shape index (κ1) is 13.5. The lowest BCUT2D eigenvalue weighted by molar-refractivity contribution is 0.762. The van der Waals surface area contributed by atoms with Crippen LogP contribution in [-0.2, 0) is 6.42 Å². The molecule has 0 heterocycles. The van der Waals surface area contributed by atoms with Crippen LogP contribution in [0, 0.1) is 11.3 Å². The topological polar surface area (TPSA) is 35.8 Å². The molecule has 2 nitrogen and oxygen atoms in total. The molecule has 20 heavy (non-hydrogen) atoms. The molecular formula is C16H12BrClN2. The zero-order chi connectivity index (χ0) is 14.1. The van der Waals surface area contributed by atoms with Crippen molar-refractivity contribution in [3.05, 3.63) is 62.6 Å². The minimum absolute atomic E-state index is 0.244. The molecule has 1 atom stereocenters. The van der Waals surface area contributed by atoms with Crippen molar-refractivity contribution in [3.8, 4) is 6.07 Å². The van der Waals surface area contributed by atoms with Crippen molar-refractivity contribution in [2.75, 3.05) is 5.32 Å². The number of nitriles is 1. The fourth-order valence-electron chi connectivity index (χ4n) is 2.65. The highest BCUT2D eigenvalue weighted by molar-refractivity contribution is 9.10. The molecule has 1 aliphatic rings. The Bertz CT molecular complexity index is 706. The lowest BCUT2D eigenvalue weighted by atomic mass is 10.1. The second-order valence-corrected chi connectivity index (χ2v) is 6.11. The second-order valence-electron chi connectivity index (χ2n) is 4.85. The number of nitrogens with one attached hydrogen (secondary N) is 1. The van der Waals surface area contributed by atoms with E-state index in [0.29, 0.717) is 10.6 Å². The Kier molecular flexibility index (Phi) is 3.69. The zero-order valence-electron chi connectivity index (χ0n) is 10.7. The molecule has 0 aromatic heterocycles. The van der Waals surface area contributed by atoms with Gasteiger partial charge in [-0.2, -0.15) is 5.26 Å². The maximum Gasteiger partial charge on any atom is 0.0992 e. The van der Waals surface area contributed by atoms with E-state index in [2.05, 4.69) is 45.5 Å². The van der Waals surface area contributed by atoms with Crippen molar-refractivity contribution in [1.29, 1.82) is 5.26 Å². The van der Waals surface area contributed by atoms with Gasteiger partial charge in [-0.15, -0.1) is 0 Å². The normalized spacial score (nSPS) is 16.6. The first-order chi connectivity index (χ1) is 9.69. The van der Waals surface area contributed by atoms with Crippen molar-refractivity contribution in [3.63, 3.8) is 0 Å². The molecule has 0 spiro atoms. The molecule has 0 saturated carbocycles. The smallest absolute Gasteiger partial charge is 0.0992 e. The first-order valence-corrected chi connectivity index (χ1v) is 7.59. The minimum Gasteiger partial charge on any atom is -0.377 e. The third kappa shape index (κ3) is 2.42. The van der Waals surface area contributed by atoms with Gasteiger partial charge in [-0.3, -0.25) is 0 Å². The van der Waals surface area contributed by atoms with Crippen LogP contribution >= 0.6 is 27.5 Å². The van der Waals surface area contributed by atoms with Crippen molar-refractivity contribution in [2.45, 2.75) is 18.9 Å². The Labute approximate surface area is 131 Å². The Morgan fingerprint density at radius 3 is 2.95 bits per heavy atom. The molecule has 1 aliphatic carbocycles. The van der Waals surface area contributed by atoms with Crippen LogP contribution in [0.4, 0.5) is 5.69 Å². The van der Waals surface area contributed by atoms with E-state index in [0.717, 1.165) is 23.0 Å². The summed E-state index contributed by atoms with van der Waals surface area (Å²) in [6, 6.07) is 14.0. The van der Waals surface area contributed by atoms with Crippen molar-refractivity contribution in [1.82, 2.24) is 0 Å². The van der Waals surface area contributed by atoms with Crippen LogP contribution in [0.15, 0.2) is 40.9 Å². The first-order valence-electron chi connectivity index (χ1n) is 6.42. The predicted octanol–water partition coefficient (Wildman–Crippen LogP) is 5.07. The van der Waals surface area contributed by atoms with E-state index in [4.69, 9.17) is 16.9 Å². The lowest BCUT2D eigenvalue weighted by Crippen LogP contribution is -2.07. The standard InChI is InChI=1S/C16H12BrClN2/c17-13-3-1-2-12-11(13)5-7-15(12)20-16-8-10(9-19)4-6-14(16)18/h1-4,6,8,15,20H,5,7H2. The highest BCUT2D eigenvalue weighted by Crippen LogP contribution is 2.38. The third-order valence-corrected chi connectivity index (χ3v) is 4.71. The van der Waals surface area contributed by atoms with E-state index in [1.54, 1.807) is 18.2 Å². The van der Waals surface area contributed by atoms with Gasteiger partial charge in [-0.25, -0.2) is 0 Å². The van der Waals surface area contributed by atoms with Crippen LogP contribution < -0.4 is 5.32 Å². The van der Waals surface area contributed by atoms with Gasteiger partial charge in [0.25, 0.3) is 0 Å². The number of hydrogen-bond acceptors (Lipinski definition) is 2. The number of rotatable bonds is 2. The van der Waals surface area contributed by atoms with Gasteiger partial charge >= 0.3 is 0 Å². The quantitative estimate of drug-likeness (QED) is 0.823. The van der Waals surface area contributed by atoms with Crippen LogP contribution in [0.25, 0.3) is 0 Å². The number of halogens is 2. The van der Waals surface area contributed by atoms with E-state index in [1.165, 1.54) is 11.1 Å². The van der Waals surface area contributed by atoms with E-state index >= 15 is 0 Å². The predicted molar refractivity (Wildman–Crippen MR) is 85.0 cm³/mol. The molecule has 1 unspecified atom stereocenters. The van der Waals surface area contributed by atoms with E-state index in [9.17, 15) is 0 Å². The monoisotopic (exact) mass is 346 g/mol. The van der Waals surface area contributed by atoms with Gasteiger partial charge in [0.15, 0.2) is 0 Å². The number of nitrogens with zero attached hydrogens (tertiary/aromatic N) is 1. The molecule has 0 radical (unpaired) electrons. The highest BCUT2D eigenvalue weighted by atomic mass is 79.9. The van der Waals surface area contributed by atoms with E-state index in [1.807, 2.05) is 0 Å². The van der Waals surface area contributed by atoms with Gasteiger partial charge in [-0.05, 0) is 48.2 Å². The number of hydrogen-bond donors (Lipinski definition) is 1. The summed E-state index contributed by atoms with van der Waals surface area (Å²) < 4.78 is 1.16. The summed E-state index contributed by atoms with van der Waals surface area (Å²) in [5, 5.41) is 13.1. The average molecular weight is 348 g/mol. The molecule has 2 aromatic carbocycles. The zero-order valence-corrected chi connectivity index (χ0v) is 13.0. The fraction of sp³-hybridized carbons (Fsp3) is 0.188. The largest absolute Gasteiger partial charge is 0.377 e. The van der Waals surface area contributed by atoms with Crippen LogP contribution in [-0.4, -0.2) is 0 Å². The van der Waals surface area contributed by atoms with E-state index < -0.39 is 0 Å². The van der Waals surface area contributed by atoms with Gasteiger partial charge in [0, 0.05) is 4.47 Å². The molecule has 0 fully saturated rings. The van der Waals surface area contributed by atoms with Crippen molar-refractivity contribution in [2.24, 2.45) is 0 Å². The molecule has 0 bridgehead atoms. The summed E-state index contributed by atoms with van der Waals surface area (Å²) in [7, 11) is 0. The maximum atomic E-state index is 8.98. The Balaban J connectivity index is 1.92. The number of anilines is 1. The van der Waals surface area contributed by atoms with E-state index in [-0.39, 0.29) is 6.04 Å². The van der Waals surface area contributed by atoms with Gasteiger partial charge in [-0.1, -0.05) is 39.7 Å². The Morgan fingerprint density at radius 2 is 2.15 bits per heavy atom. The van der Waals surface area contributed by atoms with Crippen molar-refractivity contribution >= 4 is 33.2 Å². The molecule has 3 rings (SSSR count). The van der Waals surface area contributed by atoms with Gasteiger partial charge < -0.3 is 5.32 Å². The van der Waals surface area contributed by atoms with Gasteiger partial charge in [0.1, 0.15) is 0 Å². The molecule has 0 amide bonds. The van der Waals surface area contributed by atoms with Crippen LogP contribution in [0.3, 0.4) is 0 Å². The number of fused-ring (bicyclic) bond motifs is 1. The summed E-state index contributed by atoms with van der Waals surface area (Å²) in [4.78, 5) is 0. The summed E-state index contributed by atoms with van der Waals surface area (Å²) in [5.74, 6) is 0. The summed E-state index contributed by atoms with van der Waals surface area (Å²) in [5.41, 5.74) is 4.10. The summed E-state index contributed by atoms with van der Waals surface area (Å²) in [6.45, 7) is 0. The molecule has 4 heteroatoms. The molecule has 100 valence electrons. The van der Waals surface area contributed by atoms with Gasteiger partial charge in [0.05, 0.1) is 28.4 Å². The highest BCUT2D eigenvalue weighted by Gasteiger charge is 2.24. The summed E-state index contributed by atoms with van der Waals surface area (Å²) in [6.07, 6.45) is 2.08. The molecule has 2 aromatic rings. The van der Waals surface area contributed by atoms with Crippen molar-refractivity contribution < 1.29 is 0 Å². The van der Waals surface area contributed by atoms with Gasteiger partial charge in [0.2, 0.25) is 0 Å². The summed E-state index contributed by atoms with van der Waals surface area (Å²) >= 11 is 9.81. The Hall–Kier alpha value is -1.50. The average Bonchev–Trinajstić information content (AvgIpc) is 2.86. The molecule has 0 saturated heterocycles.